The molecule has 0 aromatic heterocycles. The predicted molar refractivity (Wildman–Crippen MR) is 77.7 cm³/mol. The van der Waals surface area contributed by atoms with Crippen molar-refractivity contribution in [2.45, 2.75) is 19.4 Å². The number of rotatable bonds is 6. The molecule has 0 aliphatic rings. The van der Waals surface area contributed by atoms with Crippen LogP contribution in [0.1, 0.15) is 24.2 Å². The Hall–Kier alpha value is -2.61. The molecule has 1 aromatic carbocycles. The van der Waals surface area contributed by atoms with Gasteiger partial charge in [-0.15, -0.1) is 0 Å². The molecule has 0 saturated heterocycles. The monoisotopic (exact) mass is 310 g/mol. The van der Waals surface area contributed by atoms with Crippen molar-refractivity contribution in [2.75, 3.05) is 18.5 Å². The standard InChI is InChI=1S/C14H18N2O6/c1-3-22-11(17)9-6-4-5-7-10(9)16-13(20)15-8-14(2,21)12(18)19/h4-7,21H,3,8H2,1-2H3,(H,18,19)(H2,15,16,20). The molecule has 1 rings (SSSR count). The number of para-hydroxylation sites is 1. The average Bonchev–Trinajstić information content (AvgIpc) is 2.46. The van der Waals surface area contributed by atoms with Gasteiger partial charge in [0.15, 0.2) is 5.60 Å². The second-order valence-electron chi connectivity index (χ2n) is 4.65. The maximum Gasteiger partial charge on any atom is 0.340 e. The first-order valence-corrected chi connectivity index (χ1v) is 6.54. The number of carbonyl (C=O) groups is 3. The highest BCUT2D eigenvalue weighted by Gasteiger charge is 2.30. The average molecular weight is 310 g/mol. The van der Waals surface area contributed by atoms with E-state index in [2.05, 4.69) is 10.6 Å². The van der Waals surface area contributed by atoms with Crippen LogP contribution in [-0.4, -0.2) is 46.9 Å². The van der Waals surface area contributed by atoms with E-state index in [1.54, 1.807) is 19.1 Å². The minimum absolute atomic E-state index is 0.171. The van der Waals surface area contributed by atoms with Crippen molar-refractivity contribution >= 4 is 23.7 Å². The van der Waals surface area contributed by atoms with Crippen molar-refractivity contribution in [2.24, 2.45) is 0 Å². The fourth-order valence-corrected chi connectivity index (χ4v) is 1.47. The van der Waals surface area contributed by atoms with Gasteiger partial charge in [-0.1, -0.05) is 12.1 Å². The zero-order valence-corrected chi connectivity index (χ0v) is 12.3. The van der Waals surface area contributed by atoms with Crippen molar-refractivity contribution in [3.05, 3.63) is 29.8 Å². The number of hydrogen-bond donors (Lipinski definition) is 4. The van der Waals surface area contributed by atoms with E-state index in [0.29, 0.717) is 0 Å². The van der Waals surface area contributed by atoms with E-state index >= 15 is 0 Å². The van der Waals surface area contributed by atoms with E-state index in [0.717, 1.165) is 6.92 Å². The molecule has 1 atom stereocenters. The number of aliphatic carboxylic acids is 1. The number of nitrogens with one attached hydrogen (secondary N) is 2. The Kier molecular flexibility index (Phi) is 5.88. The third-order valence-electron chi connectivity index (χ3n) is 2.72. The zero-order valence-electron chi connectivity index (χ0n) is 12.3. The van der Waals surface area contributed by atoms with Gasteiger partial charge in [0.1, 0.15) is 0 Å². The summed E-state index contributed by atoms with van der Waals surface area (Å²) in [6.07, 6.45) is 0. The number of amides is 2. The maximum absolute atomic E-state index is 11.7. The number of carbonyl (C=O) groups excluding carboxylic acids is 2. The minimum atomic E-state index is -2.09. The van der Waals surface area contributed by atoms with Crippen molar-refractivity contribution in [1.82, 2.24) is 5.32 Å². The number of urea groups is 1. The Labute approximate surface area is 127 Å². The number of hydrogen-bond acceptors (Lipinski definition) is 5. The van der Waals surface area contributed by atoms with E-state index in [1.807, 2.05) is 0 Å². The fourth-order valence-electron chi connectivity index (χ4n) is 1.47. The number of benzene rings is 1. The van der Waals surface area contributed by atoms with Crippen LogP contribution >= 0.6 is 0 Å². The molecular weight excluding hydrogens is 292 g/mol. The molecule has 22 heavy (non-hydrogen) atoms. The molecular formula is C14H18N2O6. The molecule has 0 saturated carbocycles. The Morgan fingerprint density at radius 2 is 1.91 bits per heavy atom. The van der Waals surface area contributed by atoms with E-state index in [9.17, 15) is 19.5 Å². The molecule has 8 nitrogen and oxygen atoms in total. The quantitative estimate of drug-likeness (QED) is 0.576. The highest BCUT2D eigenvalue weighted by molar-refractivity contribution is 6.00. The summed E-state index contributed by atoms with van der Waals surface area (Å²) in [6, 6.07) is 5.47. The van der Waals surface area contributed by atoms with Crippen LogP contribution in [0, 0.1) is 0 Å². The fraction of sp³-hybridized carbons (Fsp3) is 0.357. The topological polar surface area (TPSA) is 125 Å². The van der Waals surface area contributed by atoms with Crippen molar-refractivity contribution in [1.29, 1.82) is 0 Å². The summed E-state index contributed by atoms with van der Waals surface area (Å²) >= 11 is 0. The Balaban J connectivity index is 2.73. The Morgan fingerprint density at radius 1 is 1.27 bits per heavy atom. The lowest BCUT2D eigenvalue weighted by Gasteiger charge is -2.18. The Bertz CT molecular complexity index is 570. The molecule has 0 bridgehead atoms. The molecule has 0 aliphatic heterocycles. The number of carboxylic acid groups (broad SMARTS) is 1. The van der Waals surface area contributed by atoms with Crippen LogP contribution < -0.4 is 10.6 Å². The third kappa shape index (κ3) is 4.74. The molecule has 2 amide bonds. The lowest BCUT2D eigenvalue weighted by Crippen LogP contribution is -2.47. The lowest BCUT2D eigenvalue weighted by molar-refractivity contribution is -0.155. The van der Waals surface area contributed by atoms with Crippen LogP contribution in [0.4, 0.5) is 10.5 Å². The molecule has 1 aromatic rings. The van der Waals surface area contributed by atoms with Crippen LogP contribution in [0.25, 0.3) is 0 Å². The molecule has 0 fully saturated rings. The highest BCUT2D eigenvalue weighted by atomic mass is 16.5. The van der Waals surface area contributed by atoms with Gasteiger partial charge in [-0.3, -0.25) is 0 Å². The molecule has 120 valence electrons. The van der Waals surface area contributed by atoms with Gasteiger partial charge < -0.3 is 25.6 Å². The van der Waals surface area contributed by atoms with E-state index in [1.165, 1.54) is 12.1 Å². The van der Waals surface area contributed by atoms with Gasteiger partial charge in [0.2, 0.25) is 0 Å². The first-order chi connectivity index (χ1) is 10.3. The van der Waals surface area contributed by atoms with Crippen LogP contribution in [-0.2, 0) is 9.53 Å². The molecule has 0 heterocycles. The smallest absolute Gasteiger partial charge is 0.340 e. The van der Waals surface area contributed by atoms with Gasteiger partial charge in [-0.25, -0.2) is 14.4 Å². The van der Waals surface area contributed by atoms with Crippen LogP contribution in [0.15, 0.2) is 24.3 Å². The van der Waals surface area contributed by atoms with Crippen LogP contribution in [0.2, 0.25) is 0 Å². The molecule has 4 N–H and O–H groups in total. The summed E-state index contributed by atoms with van der Waals surface area (Å²) in [6.45, 7) is 2.42. The van der Waals surface area contributed by atoms with E-state index < -0.39 is 30.1 Å². The lowest BCUT2D eigenvalue weighted by atomic mass is 10.1. The van der Waals surface area contributed by atoms with Gasteiger partial charge in [0, 0.05) is 0 Å². The molecule has 0 spiro atoms. The van der Waals surface area contributed by atoms with Gasteiger partial charge in [0.05, 0.1) is 24.4 Å². The van der Waals surface area contributed by atoms with Gasteiger partial charge >= 0.3 is 18.0 Å². The second-order valence-corrected chi connectivity index (χ2v) is 4.65. The number of carboxylic acids is 1. The number of aliphatic hydroxyl groups is 1. The number of esters is 1. The maximum atomic E-state index is 11.7. The first-order valence-electron chi connectivity index (χ1n) is 6.54. The number of anilines is 1. The van der Waals surface area contributed by atoms with Crippen LogP contribution in [0.3, 0.4) is 0 Å². The SMILES string of the molecule is CCOC(=O)c1ccccc1NC(=O)NCC(C)(O)C(=O)O. The van der Waals surface area contributed by atoms with Gasteiger partial charge in [-0.05, 0) is 26.0 Å². The van der Waals surface area contributed by atoms with Crippen LogP contribution in [0.5, 0.6) is 0 Å². The predicted octanol–water partition coefficient (Wildman–Crippen LogP) is 0.820. The summed E-state index contributed by atoms with van der Waals surface area (Å²) < 4.78 is 4.87. The highest BCUT2D eigenvalue weighted by Crippen LogP contribution is 2.16. The van der Waals surface area contributed by atoms with Crippen molar-refractivity contribution in [3.8, 4) is 0 Å². The van der Waals surface area contributed by atoms with Crippen molar-refractivity contribution < 1.29 is 29.3 Å². The molecule has 0 aliphatic carbocycles. The second kappa shape index (κ2) is 7.41. The summed E-state index contributed by atoms with van der Waals surface area (Å²) in [5.74, 6) is -2.05. The van der Waals surface area contributed by atoms with E-state index in [4.69, 9.17) is 9.84 Å². The molecule has 8 heteroatoms. The summed E-state index contributed by atoms with van der Waals surface area (Å²) in [5, 5.41) is 22.9. The normalized spacial score (nSPS) is 12.9. The van der Waals surface area contributed by atoms with E-state index in [-0.39, 0.29) is 17.9 Å². The zero-order chi connectivity index (χ0) is 16.8. The van der Waals surface area contributed by atoms with Gasteiger partial charge in [0.25, 0.3) is 0 Å². The Morgan fingerprint density at radius 3 is 2.50 bits per heavy atom. The largest absolute Gasteiger partial charge is 0.479 e. The summed E-state index contributed by atoms with van der Waals surface area (Å²) in [4.78, 5) is 34.2. The minimum Gasteiger partial charge on any atom is -0.479 e. The number of ether oxygens (including phenoxy) is 1. The first kappa shape index (κ1) is 17.4. The molecule has 1 unspecified atom stereocenters. The third-order valence-corrected chi connectivity index (χ3v) is 2.72. The van der Waals surface area contributed by atoms with Gasteiger partial charge in [-0.2, -0.15) is 0 Å². The molecule has 0 radical (unpaired) electrons. The van der Waals surface area contributed by atoms with Crippen molar-refractivity contribution in [3.63, 3.8) is 0 Å². The summed E-state index contributed by atoms with van der Waals surface area (Å²) in [7, 11) is 0. The summed E-state index contributed by atoms with van der Waals surface area (Å²) in [5.41, 5.74) is -1.70.